The number of hydrogen-bond acceptors (Lipinski definition) is 4. The van der Waals surface area contributed by atoms with Gasteiger partial charge in [0.05, 0.1) is 6.42 Å². The second-order valence-electron chi connectivity index (χ2n) is 12.5. The Morgan fingerprint density at radius 1 is 0.919 bits per heavy atom. The van der Waals surface area contributed by atoms with Gasteiger partial charge in [0.25, 0.3) is 0 Å². The fraction of sp³-hybridized carbons (Fsp3) is 0.758. The van der Waals surface area contributed by atoms with Crippen molar-refractivity contribution in [1.29, 1.82) is 0 Å². The van der Waals surface area contributed by atoms with Crippen LogP contribution in [-0.4, -0.2) is 17.9 Å². The number of fused-ring (bicyclic) bond motifs is 1. The van der Waals surface area contributed by atoms with E-state index in [1.807, 2.05) is 13.8 Å². The highest BCUT2D eigenvalue weighted by atomic mass is 16.5. The Balaban J connectivity index is 1.86. The number of esters is 1. The van der Waals surface area contributed by atoms with E-state index in [1.54, 1.807) is 6.29 Å². The van der Waals surface area contributed by atoms with Crippen LogP contribution in [0.2, 0.25) is 0 Å². The molecule has 0 amide bonds. The lowest BCUT2D eigenvalue weighted by Crippen LogP contribution is -2.37. The summed E-state index contributed by atoms with van der Waals surface area (Å²) in [5, 5.41) is 0. The van der Waals surface area contributed by atoms with Crippen LogP contribution in [0.15, 0.2) is 0 Å². The molecule has 1 aromatic rings. The summed E-state index contributed by atoms with van der Waals surface area (Å²) in [6.45, 7) is 17.8. The summed E-state index contributed by atoms with van der Waals surface area (Å²) in [5.74, 6) is 3.67. The van der Waals surface area contributed by atoms with E-state index in [0.29, 0.717) is 5.75 Å². The second kappa shape index (κ2) is 14.9. The second-order valence-corrected chi connectivity index (χ2v) is 12.5. The van der Waals surface area contributed by atoms with Gasteiger partial charge in [-0.1, -0.05) is 72.6 Å². The first-order valence-electron chi connectivity index (χ1n) is 14.8. The molecular formula is C33H53O4. The van der Waals surface area contributed by atoms with Gasteiger partial charge < -0.3 is 9.47 Å². The van der Waals surface area contributed by atoms with E-state index in [2.05, 4.69) is 41.5 Å². The van der Waals surface area contributed by atoms with Gasteiger partial charge in [-0.15, -0.1) is 0 Å². The molecule has 3 unspecified atom stereocenters. The van der Waals surface area contributed by atoms with E-state index in [9.17, 15) is 9.59 Å². The molecule has 4 heteroatoms. The first-order chi connectivity index (χ1) is 17.5. The zero-order valence-electron chi connectivity index (χ0n) is 25.1. The Labute approximate surface area is 227 Å². The SMILES string of the molecule is Cc1c(C)c2c(c(C)c1OC(=O)CC[C]=O)CCC(C)(CCCC(C)CCCC(C)CCCC(C)C)O2. The van der Waals surface area contributed by atoms with Gasteiger partial charge in [-0.3, -0.25) is 9.59 Å². The molecule has 0 saturated carbocycles. The van der Waals surface area contributed by atoms with Gasteiger partial charge >= 0.3 is 5.97 Å². The molecule has 0 bridgehead atoms. The molecule has 0 aliphatic carbocycles. The molecule has 0 fully saturated rings. The van der Waals surface area contributed by atoms with Crippen LogP contribution in [-0.2, 0) is 16.0 Å². The highest BCUT2D eigenvalue weighted by Gasteiger charge is 2.34. The van der Waals surface area contributed by atoms with Gasteiger partial charge in [0, 0.05) is 12.0 Å². The smallest absolute Gasteiger partial charge is 0.311 e. The molecule has 1 aromatic carbocycles. The Hall–Kier alpha value is -1.84. The summed E-state index contributed by atoms with van der Waals surface area (Å²) in [6, 6.07) is 0. The van der Waals surface area contributed by atoms with E-state index in [-0.39, 0.29) is 24.4 Å². The minimum Gasteiger partial charge on any atom is -0.487 e. The van der Waals surface area contributed by atoms with Crippen molar-refractivity contribution >= 4 is 12.3 Å². The van der Waals surface area contributed by atoms with E-state index in [1.165, 1.54) is 51.4 Å². The summed E-state index contributed by atoms with van der Waals surface area (Å²) in [6.07, 6.45) is 15.5. The third kappa shape index (κ3) is 9.76. The van der Waals surface area contributed by atoms with E-state index < -0.39 is 0 Å². The molecule has 0 saturated heterocycles. The normalized spacial score (nSPS) is 18.7. The summed E-state index contributed by atoms with van der Waals surface area (Å²) in [5.41, 5.74) is 3.97. The molecule has 3 atom stereocenters. The maximum absolute atomic E-state index is 12.2. The Kier molecular flexibility index (Phi) is 12.7. The predicted molar refractivity (Wildman–Crippen MR) is 153 cm³/mol. The molecular weight excluding hydrogens is 460 g/mol. The first-order valence-corrected chi connectivity index (χ1v) is 14.8. The summed E-state index contributed by atoms with van der Waals surface area (Å²) in [4.78, 5) is 22.6. The fourth-order valence-corrected chi connectivity index (χ4v) is 5.73. The number of hydrogen-bond donors (Lipinski definition) is 0. The van der Waals surface area contributed by atoms with E-state index >= 15 is 0 Å². The van der Waals surface area contributed by atoms with Crippen molar-refractivity contribution in [1.82, 2.24) is 0 Å². The van der Waals surface area contributed by atoms with Crippen LogP contribution < -0.4 is 9.47 Å². The summed E-state index contributed by atoms with van der Waals surface area (Å²) in [7, 11) is 0. The molecule has 209 valence electrons. The molecule has 37 heavy (non-hydrogen) atoms. The number of rotatable bonds is 16. The third-order valence-corrected chi connectivity index (χ3v) is 8.49. The number of ether oxygens (including phenoxy) is 2. The van der Waals surface area contributed by atoms with Crippen LogP contribution in [0.1, 0.15) is 134 Å². The van der Waals surface area contributed by atoms with Crippen molar-refractivity contribution in [3.05, 3.63) is 22.3 Å². The lowest BCUT2D eigenvalue weighted by Gasteiger charge is -2.38. The molecule has 0 aromatic heterocycles. The molecule has 1 heterocycles. The van der Waals surface area contributed by atoms with Gasteiger partial charge in [0.15, 0.2) is 6.29 Å². The van der Waals surface area contributed by atoms with Crippen molar-refractivity contribution in [2.75, 3.05) is 0 Å². The molecule has 1 aliphatic rings. The van der Waals surface area contributed by atoms with Crippen LogP contribution >= 0.6 is 0 Å². The monoisotopic (exact) mass is 513 g/mol. The lowest BCUT2D eigenvalue weighted by molar-refractivity contribution is -0.134. The van der Waals surface area contributed by atoms with Gasteiger partial charge in [-0.05, 0) is 87.8 Å². The highest BCUT2D eigenvalue weighted by Crippen LogP contribution is 2.45. The quantitative estimate of drug-likeness (QED) is 0.163. The number of carbonyl (C=O) groups excluding carboxylic acids is 2. The zero-order valence-corrected chi connectivity index (χ0v) is 25.1. The van der Waals surface area contributed by atoms with Crippen molar-refractivity contribution < 1.29 is 19.1 Å². The van der Waals surface area contributed by atoms with Gasteiger partial charge in [0.1, 0.15) is 17.1 Å². The standard InChI is InChI=1S/C33H53O4/c1-23(2)13-9-14-24(3)15-10-16-25(4)17-11-20-33(8)21-19-29-28(7)31(36-30(35)18-12-22-34)26(5)27(6)32(29)37-33/h23-25H,9-21H2,1-8H3. The van der Waals surface area contributed by atoms with Gasteiger partial charge in [0.2, 0.25) is 0 Å². The van der Waals surface area contributed by atoms with Crippen LogP contribution in [0.25, 0.3) is 0 Å². The van der Waals surface area contributed by atoms with Crippen molar-refractivity contribution in [3.63, 3.8) is 0 Å². The molecule has 1 radical (unpaired) electrons. The number of benzene rings is 1. The largest absolute Gasteiger partial charge is 0.487 e. The van der Waals surface area contributed by atoms with Gasteiger partial charge in [-0.25, -0.2) is 0 Å². The highest BCUT2D eigenvalue weighted by molar-refractivity contribution is 5.76. The minimum absolute atomic E-state index is 0.0584. The van der Waals surface area contributed by atoms with Crippen LogP contribution in [0.5, 0.6) is 11.5 Å². The number of carbonyl (C=O) groups is 1. The Morgan fingerprint density at radius 3 is 2.11 bits per heavy atom. The third-order valence-electron chi connectivity index (χ3n) is 8.49. The van der Waals surface area contributed by atoms with Crippen molar-refractivity contribution in [2.45, 2.75) is 144 Å². The summed E-state index contributed by atoms with van der Waals surface area (Å²) >= 11 is 0. The average Bonchev–Trinajstić information content (AvgIpc) is 2.83. The lowest BCUT2D eigenvalue weighted by atomic mass is 9.83. The maximum Gasteiger partial charge on any atom is 0.311 e. The van der Waals surface area contributed by atoms with Crippen molar-refractivity contribution in [2.24, 2.45) is 17.8 Å². The van der Waals surface area contributed by atoms with E-state index in [0.717, 1.165) is 65.0 Å². The Bertz CT molecular complexity index is 887. The molecule has 2 rings (SSSR count). The molecule has 4 nitrogen and oxygen atoms in total. The van der Waals surface area contributed by atoms with Crippen molar-refractivity contribution in [3.8, 4) is 11.5 Å². The Morgan fingerprint density at radius 2 is 1.51 bits per heavy atom. The average molecular weight is 514 g/mol. The minimum atomic E-state index is -0.384. The zero-order chi connectivity index (χ0) is 27.6. The van der Waals surface area contributed by atoms with Gasteiger partial charge in [-0.2, -0.15) is 0 Å². The predicted octanol–water partition coefficient (Wildman–Crippen LogP) is 8.93. The van der Waals surface area contributed by atoms with Crippen LogP contribution in [0, 0.1) is 38.5 Å². The molecule has 0 N–H and O–H groups in total. The fourth-order valence-electron chi connectivity index (χ4n) is 5.73. The summed E-state index contributed by atoms with van der Waals surface area (Å²) < 4.78 is 12.4. The molecule has 0 spiro atoms. The van der Waals surface area contributed by atoms with E-state index in [4.69, 9.17) is 9.47 Å². The first kappa shape index (κ1) is 31.4. The molecule has 1 aliphatic heterocycles. The van der Waals surface area contributed by atoms with Crippen LogP contribution in [0.3, 0.4) is 0 Å². The maximum atomic E-state index is 12.2. The topological polar surface area (TPSA) is 52.6 Å². The van der Waals surface area contributed by atoms with Crippen LogP contribution in [0.4, 0.5) is 0 Å².